The van der Waals surface area contributed by atoms with Crippen molar-refractivity contribution >= 4 is 23.4 Å². The van der Waals surface area contributed by atoms with E-state index in [0.717, 1.165) is 29.3 Å². The van der Waals surface area contributed by atoms with Gasteiger partial charge in [-0.3, -0.25) is 19.3 Å². The van der Waals surface area contributed by atoms with Crippen LogP contribution < -0.4 is 4.90 Å². The van der Waals surface area contributed by atoms with Gasteiger partial charge in [-0.05, 0) is 42.0 Å². The first kappa shape index (κ1) is 24.0. The monoisotopic (exact) mass is 489 g/mol. The number of fused-ring (bicyclic) bond motifs is 1. The van der Waals surface area contributed by atoms with E-state index >= 15 is 0 Å². The molecule has 0 saturated heterocycles. The van der Waals surface area contributed by atoms with Gasteiger partial charge < -0.3 is 4.90 Å². The number of benzene rings is 2. The lowest BCUT2D eigenvalue weighted by Crippen LogP contribution is -2.51. The van der Waals surface area contributed by atoms with Gasteiger partial charge in [0.25, 0.3) is 11.8 Å². The molecule has 1 atom stereocenters. The summed E-state index contributed by atoms with van der Waals surface area (Å²) in [6, 6.07) is 8.57. The normalized spacial score (nSPS) is 14.2. The van der Waals surface area contributed by atoms with Crippen LogP contribution in [0, 0.1) is 11.6 Å². The largest absolute Gasteiger partial charge is 0.433 e. The first-order chi connectivity index (χ1) is 16.5. The highest BCUT2D eigenvalue weighted by Crippen LogP contribution is 2.30. The molecule has 35 heavy (non-hydrogen) atoms. The summed E-state index contributed by atoms with van der Waals surface area (Å²) in [5, 5.41) is 0. The number of imide groups is 1. The summed E-state index contributed by atoms with van der Waals surface area (Å²) < 4.78 is 66.1. The quantitative estimate of drug-likeness (QED) is 0.397. The topological polar surface area (TPSA) is 70.6 Å². The minimum atomic E-state index is -4.69. The lowest BCUT2D eigenvalue weighted by Gasteiger charge is -2.29. The van der Waals surface area contributed by atoms with Gasteiger partial charge in [0.1, 0.15) is 23.4 Å². The summed E-state index contributed by atoms with van der Waals surface area (Å²) in [5.74, 6) is -4.27. The molecule has 4 rings (SSSR count). The average molecular weight is 489 g/mol. The van der Waals surface area contributed by atoms with E-state index in [4.69, 9.17) is 0 Å². The maximum Gasteiger partial charge on any atom is 0.433 e. The molecule has 11 heteroatoms. The van der Waals surface area contributed by atoms with Crippen LogP contribution in [0.3, 0.4) is 0 Å². The molecule has 1 unspecified atom stereocenters. The van der Waals surface area contributed by atoms with Crippen molar-refractivity contribution in [3.05, 3.63) is 94.8 Å². The molecule has 3 aromatic rings. The Kier molecular flexibility index (Phi) is 6.10. The van der Waals surface area contributed by atoms with Gasteiger partial charge >= 0.3 is 6.18 Å². The molecule has 6 nitrogen and oxygen atoms in total. The van der Waals surface area contributed by atoms with Crippen LogP contribution in [0.1, 0.15) is 32.0 Å². The van der Waals surface area contributed by atoms with Crippen LogP contribution in [0.15, 0.2) is 60.8 Å². The first-order valence-corrected chi connectivity index (χ1v) is 10.2. The van der Waals surface area contributed by atoms with Crippen LogP contribution in [-0.4, -0.2) is 40.7 Å². The fraction of sp³-hybridized carbons (Fsp3) is 0.167. The van der Waals surface area contributed by atoms with Crippen molar-refractivity contribution in [2.75, 3.05) is 11.9 Å². The van der Waals surface area contributed by atoms with E-state index in [1.54, 1.807) is 0 Å². The number of halogens is 5. The van der Waals surface area contributed by atoms with E-state index in [1.165, 1.54) is 31.3 Å². The number of likely N-dealkylation sites (N-methyl/N-ethyl adjacent to an activating group) is 1. The number of aromatic nitrogens is 1. The fourth-order valence-electron chi connectivity index (χ4n) is 3.83. The van der Waals surface area contributed by atoms with Gasteiger partial charge in [-0.15, -0.1) is 0 Å². The molecule has 1 aromatic heterocycles. The average Bonchev–Trinajstić information content (AvgIpc) is 3.05. The van der Waals surface area contributed by atoms with E-state index in [1.807, 2.05) is 0 Å². The summed E-state index contributed by atoms with van der Waals surface area (Å²) in [7, 11) is 1.23. The molecule has 1 aliphatic heterocycles. The second-order valence-corrected chi connectivity index (χ2v) is 7.82. The smallest absolute Gasteiger partial charge is 0.312 e. The maximum atomic E-state index is 13.8. The van der Waals surface area contributed by atoms with E-state index in [0.29, 0.717) is 17.0 Å². The van der Waals surface area contributed by atoms with Crippen molar-refractivity contribution in [1.82, 2.24) is 9.88 Å². The zero-order valence-corrected chi connectivity index (χ0v) is 18.0. The predicted octanol–water partition coefficient (Wildman–Crippen LogP) is 4.25. The van der Waals surface area contributed by atoms with Crippen LogP contribution in [0.5, 0.6) is 0 Å². The molecule has 3 amide bonds. The summed E-state index contributed by atoms with van der Waals surface area (Å²) in [6.07, 6.45) is -4.30. The fourth-order valence-corrected chi connectivity index (χ4v) is 3.83. The Balaban J connectivity index is 1.72. The molecule has 0 N–H and O–H groups in total. The van der Waals surface area contributed by atoms with Gasteiger partial charge in [0.2, 0.25) is 5.91 Å². The molecule has 0 spiro atoms. The van der Waals surface area contributed by atoms with Gasteiger partial charge in [-0.25, -0.2) is 13.8 Å². The number of rotatable bonds is 5. The zero-order valence-electron chi connectivity index (χ0n) is 18.0. The molecule has 2 heterocycles. The van der Waals surface area contributed by atoms with Crippen molar-refractivity contribution in [3.63, 3.8) is 0 Å². The van der Waals surface area contributed by atoms with Crippen LogP contribution in [0.4, 0.5) is 27.6 Å². The number of carbonyl (C=O) groups is 3. The molecule has 0 saturated carbocycles. The van der Waals surface area contributed by atoms with E-state index in [9.17, 15) is 36.3 Å². The summed E-state index contributed by atoms with van der Waals surface area (Å²) >= 11 is 0. The van der Waals surface area contributed by atoms with Crippen LogP contribution in [0.25, 0.3) is 0 Å². The second-order valence-electron chi connectivity index (χ2n) is 7.82. The third kappa shape index (κ3) is 4.61. The number of carbonyl (C=O) groups excluding carboxylic acids is 3. The molecule has 0 aliphatic carbocycles. The lowest BCUT2D eigenvalue weighted by molar-refractivity contribution is -0.141. The third-order valence-electron chi connectivity index (χ3n) is 5.53. The van der Waals surface area contributed by atoms with Crippen molar-refractivity contribution in [2.24, 2.45) is 0 Å². The molecule has 2 aromatic carbocycles. The standard InChI is InChI=1S/C24H16F5N3O3/c1-31(16-6-7-20(30-12-16)24(27,28)29)23(35)19(10-13-8-14(25)11-15(26)9-13)32-21(33)17-4-2-3-5-18(17)22(32)34/h2-9,11-12,19H,10H2,1H3. The highest BCUT2D eigenvalue weighted by Gasteiger charge is 2.44. The van der Waals surface area contributed by atoms with Gasteiger partial charge in [-0.1, -0.05) is 12.1 Å². The third-order valence-corrected chi connectivity index (χ3v) is 5.53. The summed E-state index contributed by atoms with van der Waals surface area (Å²) in [5.41, 5.74) is -1.11. The Morgan fingerprint density at radius 3 is 2.03 bits per heavy atom. The van der Waals surface area contributed by atoms with E-state index in [-0.39, 0.29) is 22.4 Å². The Morgan fingerprint density at radius 2 is 1.54 bits per heavy atom. The van der Waals surface area contributed by atoms with Crippen molar-refractivity contribution < 1.29 is 36.3 Å². The highest BCUT2D eigenvalue weighted by molar-refractivity contribution is 6.23. The zero-order chi connectivity index (χ0) is 25.5. The van der Waals surface area contributed by atoms with Gasteiger partial charge in [0.15, 0.2) is 0 Å². The molecule has 0 bridgehead atoms. The molecule has 180 valence electrons. The predicted molar refractivity (Wildman–Crippen MR) is 113 cm³/mol. The van der Waals surface area contributed by atoms with Crippen molar-refractivity contribution in [2.45, 2.75) is 18.6 Å². The van der Waals surface area contributed by atoms with Crippen LogP contribution in [-0.2, 0) is 17.4 Å². The number of hydrogen-bond acceptors (Lipinski definition) is 4. The Labute approximate surface area is 195 Å². The van der Waals surface area contributed by atoms with Crippen molar-refractivity contribution in [3.8, 4) is 0 Å². The number of pyridine rings is 1. The molecule has 0 radical (unpaired) electrons. The Bertz CT molecular complexity index is 1270. The van der Waals surface area contributed by atoms with Gasteiger partial charge in [0, 0.05) is 19.5 Å². The number of amides is 3. The number of alkyl halides is 3. The second kappa shape index (κ2) is 8.90. The SMILES string of the molecule is CN(C(=O)C(Cc1cc(F)cc(F)c1)N1C(=O)c2ccccc2C1=O)c1ccc(C(F)(F)F)nc1. The minimum Gasteiger partial charge on any atom is -0.312 e. The van der Waals surface area contributed by atoms with Crippen molar-refractivity contribution in [1.29, 1.82) is 0 Å². The van der Waals surface area contributed by atoms with Crippen LogP contribution in [0.2, 0.25) is 0 Å². The van der Waals surface area contributed by atoms with E-state index in [2.05, 4.69) is 4.98 Å². The van der Waals surface area contributed by atoms with E-state index < -0.39 is 53.7 Å². The summed E-state index contributed by atoms with van der Waals surface area (Å²) in [4.78, 5) is 44.5. The summed E-state index contributed by atoms with van der Waals surface area (Å²) in [6.45, 7) is 0. The number of anilines is 1. The Morgan fingerprint density at radius 1 is 0.971 bits per heavy atom. The lowest BCUT2D eigenvalue weighted by atomic mass is 10.0. The molecule has 1 aliphatic rings. The maximum absolute atomic E-state index is 13.8. The highest BCUT2D eigenvalue weighted by atomic mass is 19.4. The number of nitrogens with zero attached hydrogens (tertiary/aromatic N) is 3. The number of hydrogen-bond donors (Lipinski definition) is 0. The van der Waals surface area contributed by atoms with Gasteiger partial charge in [-0.2, -0.15) is 13.2 Å². The first-order valence-electron chi connectivity index (χ1n) is 10.2. The molecule has 0 fully saturated rings. The Hall–Kier alpha value is -4.15. The van der Waals surface area contributed by atoms with Crippen LogP contribution >= 0.6 is 0 Å². The minimum absolute atomic E-state index is 0.00338. The molecular weight excluding hydrogens is 473 g/mol. The molecular formula is C24H16F5N3O3. The van der Waals surface area contributed by atoms with Gasteiger partial charge in [0.05, 0.1) is 23.0 Å².